The van der Waals surface area contributed by atoms with Gasteiger partial charge in [0.25, 0.3) is 0 Å². The number of alkyl halides is 3. The number of hydrogen-bond donors (Lipinski definition) is 1. The van der Waals surface area contributed by atoms with Gasteiger partial charge in [0.1, 0.15) is 0 Å². The molecule has 1 N–H and O–H groups in total. The number of nitrogens with one attached hydrogen (secondary N) is 1. The number of benzene rings is 1. The topological polar surface area (TPSA) is 74.8 Å². The molecule has 1 aromatic carbocycles. The Balaban J connectivity index is 1.23. The molecule has 3 aliphatic heterocycles. The van der Waals surface area contributed by atoms with Gasteiger partial charge < -0.3 is 15.0 Å². The van der Waals surface area contributed by atoms with E-state index in [1.807, 2.05) is 6.92 Å². The first-order chi connectivity index (χ1) is 18.1. The number of aromatic nitrogens is 1. The quantitative estimate of drug-likeness (QED) is 0.648. The van der Waals surface area contributed by atoms with Crippen LogP contribution in [0.5, 0.6) is 0 Å². The van der Waals surface area contributed by atoms with Gasteiger partial charge in [0, 0.05) is 56.8 Å². The molecule has 38 heavy (non-hydrogen) atoms. The first-order valence-electron chi connectivity index (χ1n) is 13.1. The van der Waals surface area contributed by atoms with Crippen LogP contribution in [0.2, 0.25) is 0 Å². The summed E-state index contributed by atoms with van der Waals surface area (Å²) in [6.07, 6.45) is -0.692. The number of pyridine rings is 1. The molecule has 202 valence electrons. The highest BCUT2D eigenvalue weighted by atomic mass is 19.4. The molecule has 1 saturated heterocycles. The average Bonchev–Trinajstić information content (AvgIpc) is 3.57. The molecule has 0 saturated carbocycles. The van der Waals surface area contributed by atoms with Crippen LogP contribution in [0.4, 0.5) is 18.9 Å². The maximum Gasteiger partial charge on any atom is 0.417 e. The Morgan fingerprint density at radius 2 is 2.00 bits per heavy atom. The first kappa shape index (κ1) is 25.3. The molecule has 2 amide bonds. The summed E-state index contributed by atoms with van der Waals surface area (Å²) >= 11 is 0. The Morgan fingerprint density at radius 3 is 2.76 bits per heavy atom. The maximum absolute atomic E-state index is 14.0. The van der Waals surface area contributed by atoms with E-state index in [4.69, 9.17) is 4.74 Å². The minimum absolute atomic E-state index is 0.0202. The summed E-state index contributed by atoms with van der Waals surface area (Å²) in [7, 11) is 1.59. The minimum Gasteiger partial charge on any atom is -0.384 e. The second-order valence-corrected chi connectivity index (χ2v) is 11.1. The van der Waals surface area contributed by atoms with E-state index in [1.165, 1.54) is 11.1 Å². The van der Waals surface area contributed by atoms with Crippen LogP contribution in [-0.4, -0.2) is 59.9 Å². The summed E-state index contributed by atoms with van der Waals surface area (Å²) in [5, 5.41) is 2.98. The molecule has 7 nitrogen and oxygen atoms in total. The SMILES string of the molecule is COCC1(C(=O)N2CCc3ncc(C(F)(F)F)cc3C2)CCN(C2CCc3cc4c(cc32)C(C)C(=O)N4)C1. The monoisotopic (exact) mass is 528 g/mol. The molecule has 3 unspecified atom stereocenters. The summed E-state index contributed by atoms with van der Waals surface area (Å²) in [6.45, 7) is 3.97. The summed E-state index contributed by atoms with van der Waals surface area (Å²) in [5.74, 6) is -0.231. The zero-order chi connectivity index (χ0) is 26.8. The normalized spacial score (nSPS) is 26.8. The Morgan fingerprint density at radius 1 is 1.18 bits per heavy atom. The fourth-order valence-corrected chi connectivity index (χ4v) is 6.77. The highest BCUT2D eigenvalue weighted by Gasteiger charge is 2.49. The Kier molecular flexibility index (Phi) is 6.03. The fraction of sp³-hybridized carbons (Fsp3) is 0.536. The van der Waals surface area contributed by atoms with Crippen LogP contribution in [0.3, 0.4) is 0 Å². The largest absolute Gasteiger partial charge is 0.417 e. The van der Waals surface area contributed by atoms with Gasteiger partial charge in [0.2, 0.25) is 11.8 Å². The molecule has 2 aromatic rings. The highest BCUT2D eigenvalue weighted by Crippen LogP contribution is 2.46. The summed E-state index contributed by atoms with van der Waals surface area (Å²) in [5.41, 5.74) is 3.92. The van der Waals surface area contributed by atoms with Crippen molar-refractivity contribution in [1.29, 1.82) is 0 Å². The molecule has 0 radical (unpaired) electrons. The van der Waals surface area contributed by atoms with Gasteiger partial charge in [0.05, 0.1) is 23.5 Å². The minimum atomic E-state index is -4.48. The molecule has 4 aliphatic rings. The van der Waals surface area contributed by atoms with E-state index < -0.39 is 17.2 Å². The van der Waals surface area contributed by atoms with E-state index >= 15 is 0 Å². The van der Waals surface area contributed by atoms with Crippen molar-refractivity contribution in [3.05, 3.63) is 57.9 Å². The van der Waals surface area contributed by atoms with Crippen LogP contribution >= 0.6 is 0 Å². The van der Waals surface area contributed by atoms with Gasteiger partial charge in [-0.25, -0.2) is 0 Å². The van der Waals surface area contributed by atoms with Gasteiger partial charge in [-0.1, -0.05) is 6.07 Å². The summed E-state index contributed by atoms with van der Waals surface area (Å²) in [6, 6.07) is 5.55. The molecule has 1 aliphatic carbocycles. The number of aryl methyl sites for hydroxylation is 1. The smallest absolute Gasteiger partial charge is 0.384 e. The van der Waals surface area contributed by atoms with Gasteiger partial charge in [0.15, 0.2) is 0 Å². The Bertz CT molecular complexity index is 1310. The molecule has 0 spiro atoms. The fourth-order valence-electron chi connectivity index (χ4n) is 6.77. The molecule has 0 bridgehead atoms. The molecule has 10 heteroatoms. The molecular formula is C28H31F3N4O3. The molecule has 3 atom stereocenters. The number of halogens is 3. The lowest BCUT2D eigenvalue weighted by Gasteiger charge is -2.37. The van der Waals surface area contributed by atoms with Gasteiger partial charge in [-0.15, -0.1) is 0 Å². The van der Waals surface area contributed by atoms with Crippen LogP contribution in [0.25, 0.3) is 0 Å². The average molecular weight is 529 g/mol. The van der Waals surface area contributed by atoms with Crippen LogP contribution in [0.1, 0.15) is 65.2 Å². The molecule has 4 heterocycles. The van der Waals surface area contributed by atoms with Gasteiger partial charge in [-0.05, 0) is 67.1 Å². The zero-order valence-electron chi connectivity index (χ0n) is 21.5. The summed E-state index contributed by atoms with van der Waals surface area (Å²) < 4.78 is 45.4. The van der Waals surface area contributed by atoms with Gasteiger partial charge >= 0.3 is 6.18 Å². The van der Waals surface area contributed by atoms with E-state index in [0.717, 1.165) is 42.9 Å². The van der Waals surface area contributed by atoms with Crippen LogP contribution < -0.4 is 5.32 Å². The predicted octanol–water partition coefficient (Wildman–Crippen LogP) is 4.07. The number of methoxy groups -OCH3 is 1. The van der Waals surface area contributed by atoms with Crippen LogP contribution in [0, 0.1) is 5.41 Å². The number of carbonyl (C=O) groups is 2. The number of carbonyl (C=O) groups excluding carboxylic acids is 2. The van der Waals surface area contributed by atoms with E-state index in [9.17, 15) is 22.8 Å². The molecule has 1 fully saturated rings. The lowest BCUT2D eigenvalue weighted by molar-refractivity contribution is -0.145. The van der Waals surface area contributed by atoms with Crippen molar-refractivity contribution in [3.63, 3.8) is 0 Å². The number of nitrogens with zero attached hydrogens (tertiary/aromatic N) is 3. The van der Waals surface area contributed by atoms with Crippen molar-refractivity contribution < 1.29 is 27.5 Å². The van der Waals surface area contributed by atoms with Crippen LogP contribution in [0.15, 0.2) is 24.4 Å². The highest BCUT2D eigenvalue weighted by molar-refractivity contribution is 6.02. The number of ether oxygens (including phenoxy) is 1. The lowest BCUT2D eigenvalue weighted by atomic mass is 9.85. The number of likely N-dealkylation sites (tertiary alicyclic amines) is 1. The standard InChI is InChI=1S/C28H31F3N4O3/c1-16-20-11-21-17(10-23(20)33-25(16)36)3-4-24(21)35-8-6-27(14-35,15-38-2)26(37)34-7-5-22-18(13-34)9-19(12-32-22)28(29,30)31/h9-12,16,24H,3-8,13-15H2,1-2H3,(H,33,36). The van der Waals surface area contributed by atoms with Gasteiger partial charge in [-0.2, -0.15) is 13.2 Å². The van der Waals surface area contributed by atoms with Crippen molar-refractivity contribution >= 4 is 17.5 Å². The lowest BCUT2D eigenvalue weighted by Crippen LogP contribution is -2.49. The second-order valence-electron chi connectivity index (χ2n) is 11.1. The molecular weight excluding hydrogens is 497 g/mol. The van der Waals surface area contributed by atoms with Crippen molar-refractivity contribution in [2.75, 3.05) is 38.7 Å². The second kappa shape index (κ2) is 9.05. The van der Waals surface area contributed by atoms with Crippen LogP contribution in [-0.2, 0) is 39.9 Å². The maximum atomic E-state index is 14.0. The number of amides is 2. The van der Waals surface area contributed by atoms with Crippen molar-refractivity contribution in [2.24, 2.45) is 5.41 Å². The predicted molar refractivity (Wildman–Crippen MR) is 133 cm³/mol. The van der Waals surface area contributed by atoms with Crippen molar-refractivity contribution in [1.82, 2.24) is 14.8 Å². The number of anilines is 1. The Labute approximate surface area is 219 Å². The third-order valence-corrected chi connectivity index (χ3v) is 8.83. The first-order valence-corrected chi connectivity index (χ1v) is 13.1. The molecule has 1 aromatic heterocycles. The number of hydrogen-bond acceptors (Lipinski definition) is 5. The van der Waals surface area contributed by atoms with Crippen molar-refractivity contribution in [3.8, 4) is 0 Å². The third kappa shape index (κ3) is 4.09. The van der Waals surface area contributed by atoms with E-state index in [2.05, 4.69) is 27.3 Å². The molecule has 6 rings (SSSR count). The van der Waals surface area contributed by atoms with E-state index in [1.54, 1.807) is 12.0 Å². The van der Waals surface area contributed by atoms with Gasteiger partial charge in [-0.3, -0.25) is 19.5 Å². The van der Waals surface area contributed by atoms with Crippen molar-refractivity contribution in [2.45, 2.75) is 57.3 Å². The number of rotatable bonds is 4. The zero-order valence-corrected chi connectivity index (χ0v) is 21.5. The van der Waals surface area contributed by atoms with E-state index in [0.29, 0.717) is 37.2 Å². The summed E-state index contributed by atoms with van der Waals surface area (Å²) in [4.78, 5) is 34.2. The Hall–Kier alpha value is -2.98. The van der Waals surface area contributed by atoms with E-state index in [-0.39, 0.29) is 36.9 Å². The third-order valence-electron chi connectivity index (χ3n) is 8.83. The number of fused-ring (bicyclic) bond motifs is 3.